The Bertz CT molecular complexity index is 715. The molecule has 0 saturated carbocycles. The lowest BCUT2D eigenvalue weighted by Gasteiger charge is -2.31. The molecule has 1 saturated heterocycles. The van der Waals surface area contributed by atoms with Crippen LogP contribution in [0.1, 0.15) is 26.2 Å². The second kappa shape index (κ2) is 6.02. The van der Waals surface area contributed by atoms with Gasteiger partial charge >= 0.3 is 10.2 Å². The van der Waals surface area contributed by atoms with Crippen LogP contribution in [0, 0.1) is 5.92 Å². The molecule has 1 atom stereocenters. The van der Waals surface area contributed by atoms with E-state index in [0.29, 0.717) is 19.0 Å². The molecule has 1 aliphatic heterocycles. The molecule has 1 fully saturated rings. The highest BCUT2D eigenvalue weighted by molar-refractivity contribution is 7.89. The van der Waals surface area contributed by atoms with E-state index in [2.05, 4.69) is 0 Å². The van der Waals surface area contributed by atoms with Crippen LogP contribution in [0.5, 0.6) is 0 Å². The summed E-state index contributed by atoms with van der Waals surface area (Å²) >= 11 is 0. The minimum absolute atomic E-state index is 0.182. The van der Waals surface area contributed by atoms with Crippen molar-refractivity contribution in [3.63, 3.8) is 0 Å². The summed E-state index contributed by atoms with van der Waals surface area (Å²) in [6, 6.07) is 4.44. The summed E-state index contributed by atoms with van der Waals surface area (Å²) in [5.74, 6) is 0.307. The van der Waals surface area contributed by atoms with E-state index in [0.717, 1.165) is 31.4 Å². The van der Waals surface area contributed by atoms with Crippen LogP contribution < -0.4 is 0 Å². The standard InChI is InChI=1S/C13H18FNO4S2/c1-2-11-5-4-8-15(10-11)21(18,19)13-7-3-6-12(9-13)20(14,16)17/h3,6-7,9,11H,2,4-5,8,10H2,1H3. The van der Waals surface area contributed by atoms with Gasteiger partial charge in [0.25, 0.3) is 0 Å². The number of benzene rings is 1. The first-order chi connectivity index (χ1) is 9.75. The highest BCUT2D eigenvalue weighted by Crippen LogP contribution is 2.26. The van der Waals surface area contributed by atoms with Gasteiger partial charge in [-0.2, -0.15) is 12.7 Å². The van der Waals surface area contributed by atoms with Crippen molar-refractivity contribution in [1.29, 1.82) is 0 Å². The normalized spacial score (nSPS) is 21.3. The fourth-order valence-electron chi connectivity index (χ4n) is 2.51. The minimum atomic E-state index is -4.91. The summed E-state index contributed by atoms with van der Waals surface area (Å²) in [6.07, 6.45) is 2.66. The topological polar surface area (TPSA) is 71.5 Å². The molecule has 2 rings (SSSR count). The Labute approximate surface area is 125 Å². The lowest BCUT2D eigenvalue weighted by molar-refractivity contribution is 0.261. The third-order valence-corrected chi connectivity index (χ3v) is 6.46. The van der Waals surface area contributed by atoms with Gasteiger partial charge in [-0.25, -0.2) is 8.42 Å². The molecular weight excluding hydrogens is 317 g/mol. The SMILES string of the molecule is CCC1CCCN(S(=O)(=O)c2cccc(S(=O)(=O)F)c2)C1. The first-order valence-electron chi connectivity index (χ1n) is 6.80. The molecule has 0 N–H and O–H groups in total. The summed E-state index contributed by atoms with van der Waals surface area (Å²) in [5, 5.41) is 0. The molecule has 21 heavy (non-hydrogen) atoms. The van der Waals surface area contributed by atoms with Crippen LogP contribution in [-0.2, 0) is 20.2 Å². The summed E-state index contributed by atoms with van der Waals surface area (Å²) < 4.78 is 61.3. The minimum Gasteiger partial charge on any atom is -0.207 e. The zero-order valence-corrected chi connectivity index (χ0v) is 13.3. The average Bonchev–Trinajstić information content (AvgIpc) is 2.46. The van der Waals surface area contributed by atoms with Gasteiger partial charge in [-0.05, 0) is 37.0 Å². The number of piperidine rings is 1. The fourth-order valence-corrected chi connectivity index (χ4v) is 4.70. The van der Waals surface area contributed by atoms with E-state index in [1.807, 2.05) is 6.92 Å². The van der Waals surface area contributed by atoms with Gasteiger partial charge in [0.1, 0.15) is 0 Å². The Morgan fingerprint density at radius 3 is 2.52 bits per heavy atom. The molecule has 0 aromatic heterocycles. The van der Waals surface area contributed by atoms with Crippen LogP contribution in [0.2, 0.25) is 0 Å². The van der Waals surface area contributed by atoms with Crippen molar-refractivity contribution in [2.75, 3.05) is 13.1 Å². The van der Waals surface area contributed by atoms with Crippen molar-refractivity contribution in [3.8, 4) is 0 Å². The van der Waals surface area contributed by atoms with Crippen LogP contribution in [0.15, 0.2) is 34.1 Å². The van der Waals surface area contributed by atoms with Crippen molar-refractivity contribution in [1.82, 2.24) is 4.31 Å². The number of nitrogens with zero attached hydrogens (tertiary/aromatic N) is 1. The van der Waals surface area contributed by atoms with Crippen molar-refractivity contribution >= 4 is 20.2 Å². The fraction of sp³-hybridized carbons (Fsp3) is 0.538. The number of hydrogen-bond acceptors (Lipinski definition) is 4. The number of sulfonamides is 1. The van der Waals surface area contributed by atoms with Crippen molar-refractivity contribution in [3.05, 3.63) is 24.3 Å². The van der Waals surface area contributed by atoms with Gasteiger partial charge in [0.05, 0.1) is 9.79 Å². The summed E-state index contributed by atoms with van der Waals surface area (Å²) in [5.41, 5.74) is 0. The highest BCUT2D eigenvalue weighted by atomic mass is 32.3. The first kappa shape index (κ1) is 16.4. The van der Waals surface area contributed by atoms with Crippen LogP contribution >= 0.6 is 0 Å². The number of rotatable bonds is 4. The zero-order valence-electron chi connectivity index (χ0n) is 11.7. The molecule has 0 radical (unpaired) electrons. The van der Waals surface area contributed by atoms with E-state index in [1.165, 1.54) is 16.4 Å². The predicted octanol–water partition coefficient (Wildman–Crippen LogP) is 2.16. The van der Waals surface area contributed by atoms with Crippen molar-refractivity contribution < 1.29 is 20.7 Å². The molecule has 1 aliphatic rings. The Kier molecular flexibility index (Phi) is 4.69. The monoisotopic (exact) mass is 335 g/mol. The van der Waals surface area contributed by atoms with Gasteiger partial charge < -0.3 is 0 Å². The average molecular weight is 335 g/mol. The van der Waals surface area contributed by atoms with E-state index in [1.54, 1.807) is 0 Å². The molecule has 0 spiro atoms. The van der Waals surface area contributed by atoms with Crippen molar-refractivity contribution in [2.24, 2.45) is 5.92 Å². The molecule has 1 unspecified atom stereocenters. The Morgan fingerprint density at radius 1 is 1.24 bits per heavy atom. The molecule has 1 aromatic rings. The molecular formula is C13H18FNO4S2. The van der Waals surface area contributed by atoms with E-state index < -0.39 is 25.1 Å². The number of halogens is 1. The van der Waals surface area contributed by atoms with Crippen LogP contribution in [0.4, 0.5) is 3.89 Å². The molecule has 0 aliphatic carbocycles. The van der Waals surface area contributed by atoms with E-state index in [-0.39, 0.29) is 4.90 Å². The van der Waals surface area contributed by atoms with E-state index in [4.69, 9.17) is 0 Å². The van der Waals surface area contributed by atoms with Crippen LogP contribution in [0.25, 0.3) is 0 Å². The maximum Gasteiger partial charge on any atom is 0.332 e. The zero-order chi connectivity index (χ0) is 15.7. The lowest BCUT2D eigenvalue weighted by Crippen LogP contribution is -2.39. The lowest BCUT2D eigenvalue weighted by atomic mass is 9.97. The second-order valence-corrected chi connectivity index (χ2v) is 8.48. The first-order valence-corrected chi connectivity index (χ1v) is 9.62. The summed E-state index contributed by atoms with van der Waals surface area (Å²) in [4.78, 5) is -0.814. The third-order valence-electron chi connectivity index (χ3n) is 3.78. The Morgan fingerprint density at radius 2 is 1.90 bits per heavy atom. The van der Waals surface area contributed by atoms with Gasteiger partial charge in [-0.3, -0.25) is 0 Å². The summed E-state index contributed by atoms with van der Waals surface area (Å²) in [6.45, 7) is 2.84. The molecule has 118 valence electrons. The van der Waals surface area contributed by atoms with Gasteiger partial charge in [-0.1, -0.05) is 19.4 Å². The summed E-state index contributed by atoms with van der Waals surface area (Å²) in [7, 11) is -8.70. The second-order valence-electron chi connectivity index (χ2n) is 5.19. The Hall–Kier alpha value is -0.990. The largest absolute Gasteiger partial charge is 0.332 e. The quantitative estimate of drug-likeness (QED) is 0.791. The molecule has 1 heterocycles. The van der Waals surface area contributed by atoms with Gasteiger partial charge in [0, 0.05) is 13.1 Å². The van der Waals surface area contributed by atoms with E-state index in [9.17, 15) is 20.7 Å². The molecule has 0 amide bonds. The molecule has 8 heteroatoms. The predicted molar refractivity (Wildman–Crippen MR) is 76.5 cm³/mol. The van der Waals surface area contributed by atoms with Gasteiger partial charge in [-0.15, -0.1) is 3.89 Å². The van der Waals surface area contributed by atoms with Crippen LogP contribution in [0.3, 0.4) is 0 Å². The smallest absolute Gasteiger partial charge is 0.207 e. The maximum absolute atomic E-state index is 13.0. The van der Waals surface area contributed by atoms with Gasteiger partial charge in [0.2, 0.25) is 10.0 Å². The van der Waals surface area contributed by atoms with Crippen LogP contribution in [-0.4, -0.2) is 34.2 Å². The molecule has 5 nitrogen and oxygen atoms in total. The molecule has 1 aromatic carbocycles. The molecule has 0 bridgehead atoms. The van der Waals surface area contributed by atoms with Gasteiger partial charge in [0.15, 0.2) is 0 Å². The van der Waals surface area contributed by atoms with Crippen molar-refractivity contribution in [2.45, 2.75) is 36.0 Å². The Balaban J connectivity index is 2.36. The number of hydrogen-bond donors (Lipinski definition) is 0. The van der Waals surface area contributed by atoms with E-state index >= 15 is 0 Å². The maximum atomic E-state index is 13.0. The highest BCUT2D eigenvalue weighted by Gasteiger charge is 2.30. The third kappa shape index (κ3) is 3.61.